The van der Waals surface area contributed by atoms with Gasteiger partial charge in [0.05, 0.1) is 12.4 Å². The first-order valence-electron chi connectivity index (χ1n) is 4.87. The SMILES string of the molecule is Nc1cnc(NC2CCCNC2=O)cn1. The molecule has 1 aliphatic rings. The molecule has 1 aromatic heterocycles. The summed E-state index contributed by atoms with van der Waals surface area (Å²) >= 11 is 0. The van der Waals surface area contributed by atoms with Crippen molar-refractivity contribution in [2.75, 3.05) is 17.6 Å². The van der Waals surface area contributed by atoms with Gasteiger partial charge in [-0.2, -0.15) is 0 Å². The van der Waals surface area contributed by atoms with E-state index in [1.165, 1.54) is 12.4 Å². The molecule has 15 heavy (non-hydrogen) atoms. The third kappa shape index (κ3) is 2.34. The Morgan fingerprint density at radius 2 is 2.33 bits per heavy atom. The van der Waals surface area contributed by atoms with Crippen LogP contribution in [0.4, 0.5) is 11.6 Å². The molecular weight excluding hydrogens is 194 g/mol. The number of carbonyl (C=O) groups excluding carboxylic acids is 1. The lowest BCUT2D eigenvalue weighted by atomic mass is 10.1. The van der Waals surface area contributed by atoms with Gasteiger partial charge in [0, 0.05) is 6.54 Å². The van der Waals surface area contributed by atoms with Crippen molar-refractivity contribution in [3.63, 3.8) is 0 Å². The van der Waals surface area contributed by atoms with E-state index in [2.05, 4.69) is 20.6 Å². The highest BCUT2D eigenvalue weighted by Crippen LogP contribution is 2.10. The lowest BCUT2D eigenvalue weighted by Gasteiger charge is -2.22. The Labute approximate surface area is 87.3 Å². The zero-order chi connectivity index (χ0) is 10.7. The molecule has 0 aliphatic carbocycles. The number of rotatable bonds is 2. The van der Waals surface area contributed by atoms with Gasteiger partial charge in [0.25, 0.3) is 0 Å². The molecule has 1 amide bonds. The molecule has 0 saturated carbocycles. The largest absolute Gasteiger partial charge is 0.382 e. The molecule has 0 radical (unpaired) electrons. The van der Waals surface area contributed by atoms with E-state index in [0.717, 1.165) is 19.4 Å². The maximum Gasteiger partial charge on any atom is 0.242 e. The number of amides is 1. The van der Waals surface area contributed by atoms with Gasteiger partial charge < -0.3 is 16.4 Å². The Morgan fingerprint density at radius 3 is 3.00 bits per heavy atom. The molecule has 1 atom stereocenters. The first-order valence-corrected chi connectivity index (χ1v) is 4.87. The summed E-state index contributed by atoms with van der Waals surface area (Å²) in [6, 6.07) is -0.211. The van der Waals surface area contributed by atoms with Crippen molar-refractivity contribution in [2.24, 2.45) is 0 Å². The summed E-state index contributed by atoms with van der Waals surface area (Å²) in [5, 5.41) is 5.81. The standard InChI is InChI=1S/C9H13N5O/c10-7-4-13-8(5-12-7)14-6-2-1-3-11-9(6)15/h4-6H,1-3H2,(H2,10,12)(H,11,15)(H,13,14). The van der Waals surface area contributed by atoms with Crippen LogP contribution in [0.15, 0.2) is 12.4 Å². The number of anilines is 2. The minimum absolute atomic E-state index is 0.0138. The van der Waals surface area contributed by atoms with Gasteiger partial charge in [-0.05, 0) is 12.8 Å². The van der Waals surface area contributed by atoms with Crippen LogP contribution in [0.1, 0.15) is 12.8 Å². The van der Waals surface area contributed by atoms with Gasteiger partial charge >= 0.3 is 0 Å². The predicted octanol–water partition coefficient (Wildman–Crippen LogP) is -0.251. The topological polar surface area (TPSA) is 92.9 Å². The van der Waals surface area contributed by atoms with Gasteiger partial charge in [-0.1, -0.05) is 0 Å². The van der Waals surface area contributed by atoms with Crippen LogP contribution in [0.3, 0.4) is 0 Å². The molecule has 6 nitrogen and oxygen atoms in total. The van der Waals surface area contributed by atoms with Crippen molar-refractivity contribution in [3.8, 4) is 0 Å². The molecule has 2 heterocycles. The number of piperidine rings is 1. The van der Waals surface area contributed by atoms with E-state index in [1.54, 1.807) is 0 Å². The third-order valence-corrected chi connectivity index (χ3v) is 2.28. The van der Waals surface area contributed by atoms with E-state index in [-0.39, 0.29) is 11.9 Å². The fourth-order valence-corrected chi connectivity index (χ4v) is 1.50. The first kappa shape index (κ1) is 9.70. The number of hydrogen-bond donors (Lipinski definition) is 3. The van der Waals surface area contributed by atoms with Gasteiger partial charge in [0.2, 0.25) is 5.91 Å². The second-order valence-corrected chi connectivity index (χ2v) is 3.46. The molecule has 80 valence electrons. The lowest BCUT2D eigenvalue weighted by molar-refractivity contribution is -0.123. The van der Waals surface area contributed by atoms with E-state index in [0.29, 0.717) is 11.6 Å². The first-order chi connectivity index (χ1) is 7.25. The van der Waals surface area contributed by atoms with Crippen molar-refractivity contribution in [3.05, 3.63) is 12.4 Å². The van der Waals surface area contributed by atoms with E-state index in [4.69, 9.17) is 5.73 Å². The van der Waals surface area contributed by atoms with Gasteiger partial charge in [-0.15, -0.1) is 0 Å². The van der Waals surface area contributed by atoms with Crippen LogP contribution in [-0.4, -0.2) is 28.5 Å². The molecule has 1 aromatic rings. The molecule has 0 spiro atoms. The smallest absolute Gasteiger partial charge is 0.242 e. The van der Waals surface area contributed by atoms with Crippen LogP contribution in [0.2, 0.25) is 0 Å². The van der Waals surface area contributed by atoms with E-state index in [9.17, 15) is 4.79 Å². The Morgan fingerprint density at radius 1 is 1.47 bits per heavy atom. The Balaban J connectivity index is 2.01. The monoisotopic (exact) mass is 207 g/mol. The van der Waals surface area contributed by atoms with Crippen molar-refractivity contribution in [1.82, 2.24) is 15.3 Å². The van der Waals surface area contributed by atoms with Crippen molar-refractivity contribution in [2.45, 2.75) is 18.9 Å². The van der Waals surface area contributed by atoms with Crippen LogP contribution in [0.5, 0.6) is 0 Å². The minimum atomic E-state index is -0.211. The predicted molar refractivity (Wildman–Crippen MR) is 56.1 cm³/mol. The average molecular weight is 207 g/mol. The number of aromatic nitrogens is 2. The van der Waals surface area contributed by atoms with Crippen LogP contribution in [0, 0.1) is 0 Å². The fraction of sp³-hybridized carbons (Fsp3) is 0.444. The van der Waals surface area contributed by atoms with E-state index >= 15 is 0 Å². The van der Waals surface area contributed by atoms with Crippen LogP contribution < -0.4 is 16.4 Å². The van der Waals surface area contributed by atoms with Crippen molar-refractivity contribution < 1.29 is 4.79 Å². The van der Waals surface area contributed by atoms with Crippen LogP contribution >= 0.6 is 0 Å². The average Bonchev–Trinajstić information content (AvgIpc) is 2.25. The number of nitrogen functional groups attached to an aromatic ring is 1. The normalized spacial score (nSPS) is 20.8. The van der Waals surface area contributed by atoms with Crippen molar-refractivity contribution in [1.29, 1.82) is 0 Å². The van der Waals surface area contributed by atoms with Gasteiger partial charge in [0.15, 0.2) is 0 Å². The molecule has 1 saturated heterocycles. The Hall–Kier alpha value is -1.85. The number of carbonyl (C=O) groups is 1. The molecule has 1 unspecified atom stereocenters. The minimum Gasteiger partial charge on any atom is -0.382 e. The maximum atomic E-state index is 11.4. The van der Waals surface area contributed by atoms with Crippen molar-refractivity contribution >= 4 is 17.5 Å². The highest BCUT2D eigenvalue weighted by Gasteiger charge is 2.21. The molecule has 2 rings (SSSR count). The van der Waals surface area contributed by atoms with Crippen LogP contribution in [0.25, 0.3) is 0 Å². The fourth-order valence-electron chi connectivity index (χ4n) is 1.50. The summed E-state index contributed by atoms with van der Waals surface area (Å²) in [7, 11) is 0. The molecule has 6 heteroatoms. The summed E-state index contributed by atoms with van der Waals surface area (Å²) in [4.78, 5) is 19.3. The van der Waals surface area contributed by atoms with E-state index in [1.807, 2.05) is 0 Å². The summed E-state index contributed by atoms with van der Waals surface area (Å²) in [5.41, 5.74) is 5.41. The summed E-state index contributed by atoms with van der Waals surface area (Å²) < 4.78 is 0. The van der Waals surface area contributed by atoms with Crippen LogP contribution in [-0.2, 0) is 4.79 Å². The third-order valence-electron chi connectivity index (χ3n) is 2.28. The highest BCUT2D eigenvalue weighted by molar-refractivity contribution is 5.84. The lowest BCUT2D eigenvalue weighted by Crippen LogP contribution is -2.44. The molecule has 1 aliphatic heterocycles. The Bertz CT molecular complexity index is 350. The zero-order valence-electron chi connectivity index (χ0n) is 8.23. The zero-order valence-corrected chi connectivity index (χ0v) is 8.23. The summed E-state index contributed by atoms with van der Waals surface area (Å²) in [6.45, 7) is 0.754. The van der Waals surface area contributed by atoms with Gasteiger partial charge in [-0.3, -0.25) is 4.79 Å². The second-order valence-electron chi connectivity index (χ2n) is 3.46. The molecule has 0 bridgehead atoms. The molecule has 0 aromatic carbocycles. The number of nitrogens with zero attached hydrogens (tertiary/aromatic N) is 2. The van der Waals surface area contributed by atoms with E-state index < -0.39 is 0 Å². The number of nitrogens with two attached hydrogens (primary N) is 1. The van der Waals surface area contributed by atoms with Gasteiger partial charge in [0.1, 0.15) is 17.7 Å². The quantitative estimate of drug-likeness (QED) is 0.621. The summed E-state index contributed by atoms with van der Waals surface area (Å²) in [6.07, 6.45) is 4.78. The Kier molecular flexibility index (Phi) is 2.66. The van der Waals surface area contributed by atoms with Gasteiger partial charge in [-0.25, -0.2) is 9.97 Å². The molecule has 4 N–H and O–H groups in total. The maximum absolute atomic E-state index is 11.4. The number of hydrogen-bond acceptors (Lipinski definition) is 5. The highest BCUT2D eigenvalue weighted by atomic mass is 16.2. The second kappa shape index (κ2) is 4.12. The summed E-state index contributed by atoms with van der Waals surface area (Å²) in [5.74, 6) is 0.958. The molecule has 1 fully saturated rings. The number of nitrogens with one attached hydrogen (secondary N) is 2. The molecular formula is C9H13N5O.